The highest BCUT2D eigenvalue weighted by molar-refractivity contribution is 5.96. The lowest BCUT2D eigenvalue weighted by Crippen LogP contribution is -2.48. The van der Waals surface area contributed by atoms with Gasteiger partial charge in [0.05, 0.1) is 5.52 Å². The summed E-state index contributed by atoms with van der Waals surface area (Å²) in [6, 6.07) is 19.0. The minimum atomic E-state index is -0.271. The fourth-order valence-corrected chi connectivity index (χ4v) is 5.75. The Labute approximate surface area is 202 Å². The summed E-state index contributed by atoms with van der Waals surface area (Å²) in [4.78, 5) is 20.3. The minimum absolute atomic E-state index is 0.0434. The maximum absolute atomic E-state index is 13.1. The number of nitrogens with two attached hydrogens (primary N) is 1. The van der Waals surface area contributed by atoms with Crippen LogP contribution in [0.25, 0.3) is 10.9 Å². The van der Waals surface area contributed by atoms with E-state index in [-0.39, 0.29) is 17.5 Å². The summed E-state index contributed by atoms with van der Waals surface area (Å²) in [6.45, 7) is 4.83. The Kier molecular flexibility index (Phi) is 6.66. The molecule has 1 aliphatic carbocycles. The van der Waals surface area contributed by atoms with Gasteiger partial charge in [-0.3, -0.25) is 9.69 Å². The average Bonchev–Trinajstić information content (AvgIpc) is 2.86. The van der Waals surface area contributed by atoms with Gasteiger partial charge < -0.3 is 11.1 Å². The van der Waals surface area contributed by atoms with Crippen molar-refractivity contribution in [2.45, 2.75) is 70.0 Å². The summed E-state index contributed by atoms with van der Waals surface area (Å²) < 4.78 is 0. The van der Waals surface area contributed by atoms with Gasteiger partial charge in [-0.2, -0.15) is 0 Å². The number of nitrogens with one attached hydrogen (secondary N) is 1. The summed E-state index contributed by atoms with van der Waals surface area (Å²) in [7, 11) is 0. The number of carbonyl (C=O) groups is 1. The topological polar surface area (TPSA) is 71.2 Å². The third kappa shape index (κ3) is 4.86. The first-order chi connectivity index (χ1) is 16.5. The lowest BCUT2D eigenvalue weighted by Gasteiger charge is -2.40. The first-order valence-corrected chi connectivity index (χ1v) is 12.8. The van der Waals surface area contributed by atoms with E-state index >= 15 is 0 Å². The number of amides is 1. The monoisotopic (exact) mass is 456 g/mol. The Bertz CT molecular complexity index is 1160. The molecule has 5 rings (SSSR count). The zero-order valence-corrected chi connectivity index (χ0v) is 20.2. The molecular formula is C29H36N4O. The highest BCUT2D eigenvalue weighted by atomic mass is 16.1. The number of likely N-dealkylation sites (tertiary alicyclic amines) is 1. The zero-order chi connectivity index (χ0) is 23.5. The van der Waals surface area contributed by atoms with Crippen LogP contribution in [0.3, 0.4) is 0 Å². The fourth-order valence-electron chi connectivity index (χ4n) is 5.75. The maximum atomic E-state index is 13.1. The molecule has 1 aromatic heterocycles. The first-order valence-electron chi connectivity index (χ1n) is 12.8. The number of hydrogen-bond acceptors (Lipinski definition) is 4. The SMILES string of the molecule is Cc1ccccc1C1(N)CCN(Cc2cc(C(=O)NC3CCCCC3)nc3ccccc23)CC1. The van der Waals surface area contributed by atoms with Crippen LogP contribution in [0.15, 0.2) is 54.6 Å². The van der Waals surface area contributed by atoms with Crippen molar-refractivity contribution in [1.82, 2.24) is 15.2 Å². The Balaban J connectivity index is 1.33. The van der Waals surface area contributed by atoms with Gasteiger partial charge in [-0.15, -0.1) is 0 Å². The molecule has 2 heterocycles. The van der Waals surface area contributed by atoms with E-state index in [1.807, 2.05) is 18.2 Å². The first kappa shape index (κ1) is 23.0. The molecule has 0 atom stereocenters. The number of aromatic nitrogens is 1. The van der Waals surface area contributed by atoms with Gasteiger partial charge in [0.15, 0.2) is 0 Å². The van der Waals surface area contributed by atoms with Gasteiger partial charge in [0.25, 0.3) is 5.91 Å². The predicted octanol–water partition coefficient (Wildman–Crippen LogP) is 5.06. The number of para-hydroxylation sites is 1. The second-order valence-corrected chi connectivity index (χ2v) is 10.2. The molecule has 34 heavy (non-hydrogen) atoms. The predicted molar refractivity (Wildman–Crippen MR) is 138 cm³/mol. The van der Waals surface area contributed by atoms with E-state index in [4.69, 9.17) is 10.7 Å². The van der Waals surface area contributed by atoms with Crippen molar-refractivity contribution >= 4 is 16.8 Å². The second-order valence-electron chi connectivity index (χ2n) is 10.2. The molecule has 3 N–H and O–H groups in total. The number of aryl methyl sites for hydroxylation is 1. The number of rotatable bonds is 5. The third-order valence-corrected chi connectivity index (χ3v) is 7.80. The molecule has 2 aromatic carbocycles. The fraction of sp³-hybridized carbons (Fsp3) is 0.448. The summed E-state index contributed by atoms with van der Waals surface area (Å²) in [5, 5.41) is 4.36. The molecule has 0 radical (unpaired) electrons. The molecule has 0 bridgehead atoms. The van der Waals surface area contributed by atoms with E-state index in [1.54, 1.807) is 0 Å². The number of piperidine rings is 1. The minimum Gasteiger partial charge on any atom is -0.348 e. The molecule has 0 spiro atoms. The van der Waals surface area contributed by atoms with Crippen LogP contribution in [-0.4, -0.2) is 34.9 Å². The standard InChI is InChI=1S/C29H36N4O/c1-21-9-5-7-13-25(21)29(30)15-17-33(18-16-29)20-22-19-27(32-26-14-8-6-12-24(22)26)28(34)31-23-10-3-2-4-11-23/h5-9,12-14,19,23H,2-4,10-11,15-18,20,30H2,1H3,(H,31,34). The molecule has 2 aliphatic rings. The van der Waals surface area contributed by atoms with E-state index in [2.05, 4.69) is 53.5 Å². The number of fused-ring (bicyclic) bond motifs is 1. The van der Waals surface area contributed by atoms with Crippen molar-refractivity contribution in [2.75, 3.05) is 13.1 Å². The zero-order valence-electron chi connectivity index (χ0n) is 20.2. The normalized spacial score (nSPS) is 19.2. The highest BCUT2D eigenvalue weighted by Crippen LogP contribution is 2.33. The third-order valence-electron chi connectivity index (χ3n) is 7.80. The number of hydrogen-bond donors (Lipinski definition) is 2. The van der Waals surface area contributed by atoms with E-state index in [9.17, 15) is 4.79 Å². The highest BCUT2D eigenvalue weighted by Gasteiger charge is 2.33. The largest absolute Gasteiger partial charge is 0.348 e. The summed E-state index contributed by atoms with van der Waals surface area (Å²) in [5.74, 6) is -0.0434. The van der Waals surface area contributed by atoms with Crippen molar-refractivity contribution in [3.05, 3.63) is 77.0 Å². The Morgan fingerprint density at radius 1 is 1.06 bits per heavy atom. The molecule has 1 saturated carbocycles. The summed E-state index contributed by atoms with van der Waals surface area (Å²) in [5.41, 5.74) is 11.7. The summed E-state index contributed by atoms with van der Waals surface area (Å²) >= 11 is 0. The van der Waals surface area contributed by atoms with Crippen molar-refractivity contribution in [3.8, 4) is 0 Å². The number of nitrogens with zero attached hydrogens (tertiary/aromatic N) is 2. The molecule has 0 unspecified atom stereocenters. The van der Waals surface area contributed by atoms with Crippen LogP contribution in [0.4, 0.5) is 0 Å². The van der Waals surface area contributed by atoms with Crippen LogP contribution in [0.5, 0.6) is 0 Å². The van der Waals surface area contributed by atoms with Crippen LogP contribution >= 0.6 is 0 Å². The Morgan fingerprint density at radius 2 is 1.76 bits per heavy atom. The number of pyridine rings is 1. The lowest BCUT2D eigenvalue weighted by molar-refractivity contribution is 0.0922. The van der Waals surface area contributed by atoms with Gasteiger partial charge in [0.1, 0.15) is 5.69 Å². The second kappa shape index (κ2) is 9.85. The number of benzene rings is 2. The molecule has 1 saturated heterocycles. The van der Waals surface area contributed by atoms with E-state index < -0.39 is 0 Å². The van der Waals surface area contributed by atoms with Crippen LogP contribution < -0.4 is 11.1 Å². The van der Waals surface area contributed by atoms with Gasteiger partial charge in [-0.05, 0) is 61.4 Å². The van der Waals surface area contributed by atoms with Gasteiger partial charge in [0.2, 0.25) is 0 Å². The molecule has 5 nitrogen and oxygen atoms in total. The van der Waals surface area contributed by atoms with Gasteiger partial charge in [0, 0.05) is 36.6 Å². The average molecular weight is 457 g/mol. The van der Waals surface area contributed by atoms with Crippen molar-refractivity contribution < 1.29 is 4.79 Å². The van der Waals surface area contributed by atoms with Gasteiger partial charge in [-0.25, -0.2) is 4.98 Å². The smallest absolute Gasteiger partial charge is 0.270 e. The van der Waals surface area contributed by atoms with Crippen LogP contribution in [0, 0.1) is 6.92 Å². The quantitative estimate of drug-likeness (QED) is 0.563. The van der Waals surface area contributed by atoms with E-state index in [1.165, 1.54) is 36.0 Å². The van der Waals surface area contributed by atoms with Crippen molar-refractivity contribution in [1.29, 1.82) is 0 Å². The summed E-state index contributed by atoms with van der Waals surface area (Å²) in [6.07, 6.45) is 7.66. The molecule has 178 valence electrons. The van der Waals surface area contributed by atoms with Crippen molar-refractivity contribution in [2.24, 2.45) is 5.73 Å². The van der Waals surface area contributed by atoms with Crippen LogP contribution in [0.2, 0.25) is 0 Å². The van der Waals surface area contributed by atoms with Crippen molar-refractivity contribution in [3.63, 3.8) is 0 Å². The molecule has 1 amide bonds. The van der Waals surface area contributed by atoms with E-state index in [0.29, 0.717) is 5.69 Å². The van der Waals surface area contributed by atoms with Gasteiger partial charge in [-0.1, -0.05) is 61.7 Å². The molecule has 2 fully saturated rings. The molecule has 1 aliphatic heterocycles. The molecular weight excluding hydrogens is 420 g/mol. The Hall–Kier alpha value is -2.76. The van der Waals surface area contributed by atoms with Crippen LogP contribution in [0.1, 0.15) is 72.1 Å². The molecule has 3 aromatic rings. The van der Waals surface area contributed by atoms with Gasteiger partial charge >= 0.3 is 0 Å². The number of carbonyl (C=O) groups excluding carboxylic acids is 1. The molecule has 5 heteroatoms. The lowest BCUT2D eigenvalue weighted by atomic mass is 9.80. The van der Waals surface area contributed by atoms with E-state index in [0.717, 1.165) is 56.2 Å². The Morgan fingerprint density at radius 3 is 2.53 bits per heavy atom. The van der Waals surface area contributed by atoms with Crippen LogP contribution in [-0.2, 0) is 12.1 Å². The maximum Gasteiger partial charge on any atom is 0.270 e.